The lowest BCUT2D eigenvalue weighted by atomic mass is 10.0. The van der Waals surface area contributed by atoms with Gasteiger partial charge in [-0.1, -0.05) is 12.1 Å². The summed E-state index contributed by atoms with van der Waals surface area (Å²) in [6.07, 6.45) is 0.632. The summed E-state index contributed by atoms with van der Waals surface area (Å²) in [7, 11) is 3.12. The molecule has 6 nitrogen and oxygen atoms in total. The molecule has 0 aromatic heterocycles. The lowest BCUT2D eigenvalue weighted by molar-refractivity contribution is -0.115. The first kappa shape index (κ1) is 18.3. The average molecular weight is 342 g/mol. The Morgan fingerprint density at radius 3 is 1.52 bits per heavy atom. The van der Waals surface area contributed by atoms with Gasteiger partial charge in [-0.05, 0) is 41.8 Å². The van der Waals surface area contributed by atoms with Crippen LogP contribution in [0.5, 0.6) is 11.5 Å². The Kier molecular flexibility index (Phi) is 6.00. The number of anilines is 2. The lowest BCUT2D eigenvalue weighted by Gasteiger charge is -2.13. The summed E-state index contributed by atoms with van der Waals surface area (Å²) >= 11 is 0. The van der Waals surface area contributed by atoms with Crippen LogP contribution < -0.4 is 20.1 Å². The molecule has 0 fully saturated rings. The molecule has 0 saturated carbocycles. The maximum atomic E-state index is 11.3. The molecule has 25 heavy (non-hydrogen) atoms. The van der Waals surface area contributed by atoms with Crippen molar-refractivity contribution in [3.8, 4) is 11.5 Å². The molecular weight excluding hydrogens is 320 g/mol. The number of amides is 2. The quantitative estimate of drug-likeness (QED) is 0.845. The monoisotopic (exact) mass is 342 g/mol. The van der Waals surface area contributed by atoms with Crippen LogP contribution in [0.3, 0.4) is 0 Å². The van der Waals surface area contributed by atoms with Crippen molar-refractivity contribution in [1.29, 1.82) is 0 Å². The highest BCUT2D eigenvalue weighted by molar-refractivity contribution is 5.91. The average Bonchev–Trinajstić information content (AvgIpc) is 2.54. The second-order valence-corrected chi connectivity index (χ2v) is 5.61. The zero-order valence-corrected chi connectivity index (χ0v) is 14.8. The van der Waals surface area contributed by atoms with Crippen molar-refractivity contribution in [3.63, 3.8) is 0 Å². The maximum Gasteiger partial charge on any atom is 0.221 e. The molecule has 0 heterocycles. The summed E-state index contributed by atoms with van der Waals surface area (Å²) in [5.41, 5.74) is 3.26. The molecule has 0 unspecified atom stereocenters. The Morgan fingerprint density at radius 1 is 0.800 bits per heavy atom. The third-order valence-electron chi connectivity index (χ3n) is 3.56. The van der Waals surface area contributed by atoms with E-state index in [0.717, 1.165) is 11.1 Å². The van der Waals surface area contributed by atoms with Gasteiger partial charge in [-0.3, -0.25) is 9.59 Å². The number of ether oxygens (including phenoxy) is 2. The standard InChI is InChI=1S/C19H22N2O4/c1-12(22)20-16-10-14(5-7-18(16)24-3)9-15-6-8-19(25-4)17(11-15)21-13(2)23/h5-8,10-11H,9H2,1-4H3,(H,20,22)(H,21,23). The molecule has 2 rings (SSSR count). The van der Waals surface area contributed by atoms with Gasteiger partial charge >= 0.3 is 0 Å². The third-order valence-corrected chi connectivity index (χ3v) is 3.56. The Morgan fingerprint density at radius 2 is 1.20 bits per heavy atom. The predicted molar refractivity (Wildman–Crippen MR) is 97.4 cm³/mol. The van der Waals surface area contributed by atoms with Crippen molar-refractivity contribution in [2.45, 2.75) is 20.3 Å². The van der Waals surface area contributed by atoms with Gasteiger partial charge < -0.3 is 20.1 Å². The van der Waals surface area contributed by atoms with Crippen molar-refractivity contribution < 1.29 is 19.1 Å². The van der Waals surface area contributed by atoms with Gasteiger partial charge in [0.05, 0.1) is 25.6 Å². The highest BCUT2D eigenvalue weighted by Gasteiger charge is 2.09. The predicted octanol–water partition coefficient (Wildman–Crippen LogP) is 3.21. The molecule has 2 amide bonds. The van der Waals surface area contributed by atoms with Crippen LogP contribution in [0.2, 0.25) is 0 Å². The number of hydrogen-bond donors (Lipinski definition) is 2. The minimum atomic E-state index is -0.159. The highest BCUT2D eigenvalue weighted by atomic mass is 16.5. The molecule has 132 valence electrons. The minimum absolute atomic E-state index is 0.159. The number of rotatable bonds is 6. The SMILES string of the molecule is COc1ccc(Cc2ccc(OC)c(NC(C)=O)c2)cc1NC(C)=O. The summed E-state index contributed by atoms with van der Waals surface area (Å²) in [6.45, 7) is 2.91. The Hall–Kier alpha value is -3.02. The van der Waals surface area contributed by atoms with Crippen molar-refractivity contribution in [2.24, 2.45) is 0 Å². The van der Waals surface area contributed by atoms with E-state index in [9.17, 15) is 9.59 Å². The first-order chi connectivity index (χ1) is 11.9. The molecule has 0 aliphatic rings. The van der Waals surface area contributed by atoms with Gasteiger partial charge in [-0.15, -0.1) is 0 Å². The largest absolute Gasteiger partial charge is 0.495 e. The lowest BCUT2D eigenvalue weighted by Crippen LogP contribution is -2.08. The Balaban J connectivity index is 2.29. The number of benzene rings is 2. The van der Waals surface area contributed by atoms with Crippen LogP contribution >= 0.6 is 0 Å². The summed E-state index contributed by atoms with van der Waals surface area (Å²) in [4.78, 5) is 22.7. The molecule has 0 radical (unpaired) electrons. The van der Waals surface area contributed by atoms with Crippen LogP contribution in [0.15, 0.2) is 36.4 Å². The van der Waals surface area contributed by atoms with Crippen LogP contribution in [0.4, 0.5) is 11.4 Å². The van der Waals surface area contributed by atoms with Gasteiger partial charge in [-0.25, -0.2) is 0 Å². The number of carbonyl (C=O) groups is 2. The molecule has 0 aliphatic carbocycles. The van der Waals surface area contributed by atoms with Gasteiger partial charge in [0.2, 0.25) is 11.8 Å². The van der Waals surface area contributed by atoms with Gasteiger partial charge in [-0.2, -0.15) is 0 Å². The fourth-order valence-electron chi connectivity index (χ4n) is 2.54. The number of carbonyl (C=O) groups excluding carboxylic acids is 2. The van der Waals surface area contributed by atoms with Crippen molar-refractivity contribution in [2.75, 3.05) is 24.9 Å². The van der Waals surface area contributed by atoms with Crippen LogP contribution in [0, 0.1) is 0 Å². The summed E-state index contributed by atoms with van der Waals surface area (Å²) in [5, 5.41) is 5.53. The molecule has 0 saturated heterocycles. The maximum absolute atomic E-state index is 11.3. The molecular formula is C19H22N2O4. The fraction of sp³-hybridized carbons (Fsp3) is 0.263. The normalized spacial score (nSPS) is 10.1. The van der Waals surface area contributed by atoms with Gasteiger partial charge in [0, 0.05) is 13.8 Å². The summed E-state index contributed by atoms with van der Waals surface area (Å²) in [5.74, 6) is 0.890. The molecule has 2 N–H and O–H groups in total. The van der Waals surface area contributed by atoms with E-state index in [1.54, 1.807) is 14.2 Å². The second kappa shape index (κ2) is 8.19. The molecule has 2 aromatic rings. The second-order valence-electron chi connectivity index (χ2n) is 5.61. The van der Waals surface area contributed by atoms with Crippen molar-refractivity contribution in [3.05, 3.63) is 47.5 Å². The zero-order chi connectivity index (χ0) is 18.4. The molecule has 0 atom stereocenters. The summed E-state index contributed by atoms with van der Waals surface area (Å²) in [6, 6.07) is 11.3. The van der Waals surface area contributed by atoms with Crippen molar-refractivity contribution >= 4 is 23.2 Å². The van der Waals surface area contributed by atoms with E-state index < -0.39 is 0 Å². The van der Waals surface area contributed by atoms with Gasteiger partial charge in [0.25, 0.3) is 0 Å². The topological polar surface area (TPSA) is 76.7 Å². The number of methoxy groups -OCH3 is 2. The van der Waals surface area contributed by atoms with Crippen LogP contribution in [-0.4, -0.2) is 26.0 Å². The highest BCUT2D eigenvalue weighted by Crippen LogP contribution is 2.29. The Bertz CT molecular complexity index is 721. The first-order valence-corrected chi connectivity index (χ1v) is 7.82. The van der Waals surface area contributed by atoms with Crippen LogP contribution in [-0.2, 0) is 16.0 Å². The van der Waals surface area contributed by atoms with Crippen LogP contribution in [0.1, 0.15) is 25.0 Å². The molecule has 0 spiro atoms. The smallest absolute Gasteiger partial charge is 0.221 e. The molecule has 0 bridgehead atoms. The molecule has 6 heteroatoms. The first-order valence-electron chi connectivity index (χ1n) is 7.82. The number of nitrogens with one attached hydrogen (secondary N) is 2. The zero-order valence-electron chi connectivity index (χ0n) is 14.8. The van der Waals surface area contributed by atoms with E-state index in [1.807, 2.05) is 36.4 Å². The Labute approximate surface area is 147 Å². The minimum Gasteiger partial charge on any atom is -0.495 e. The van der Waals surface area contributed by atoms with Gasteiger partial charge in [0.1, 0.15) is 11.5 Å². The molecule has 0 aliphatic heterocycles. The van der Waals surface area contributed by atoms with E-state index in [1.165, 1.54) is 13.8 Å². The van der Waals surface area contributed by atoms with E-state index in [2.05, 4.69) is 10.6 Å². The van der Waals surface area contributed by atoms with Crippen LogP contribution in [0.25, 0.3) is 0 Å². The van der Waals surface area contributed by atoms with Gasteiger partial charge in [0.15, 0.2) is 0 Å². The molecule has 2 aromatic carbocycles. The van der Waals surface area contributed by atoms with E-state index >= 15 is 0 Å². The fourth-order valence-corrected chi connectivity index (χ4v) is 2.54. The van der Waals surface area contributed by atoms with Crippen molar-refractivity contribution in [1.82, 2.24) is 0 Å². The summed E-state index contributed by atoms with van der Waals surface area (Å²) < 4.78 is 10.5. The van der Waals surface area contributed by atoms with E-state index in [0.29, 0.717) is 29.3 Å². The van der Waals surface area contributed by atoms with E-state index in [4.69, 9.17) is 9.47 Å². The third kappa shape index (κ3) is 4.97. The number of hydrogen-bond acceptors (Lipinski definition) is 4. The van der Waals surface area contributed by atoms with E-state index in [-0.39, 0.29) is 11.8 Å².